The molecular weight excluding hydrogens is 503 g/mol. The van der Waals surface area contributed by atoms with Gasteiger partial charge in [0.15, 0.2) is 0 Å². The van der Waals surface area contributed by atoms with Crippen LogP contribution in [0.5, 0.6) is 0 Å². The van der Waals surface area contributed by atoms with Crippen LogP contribution in [0.3, 0.4) is 0 Å². The molecule has 3 aliphatic heterocycles. The number of halogens is 2. The monoisotopic (exact) mass is 540 g/mol. The molecule has 0 spiro atoms. The van der Waals surface area contributed by atoms with Crippen molar-refractivity contribution < 1.29 is 14.0 Å². The van der Waals surface area contributed by atoms with Gasteiger partial charge in [0.05, 0.1) is 0 Å². The van der Waals surface area contributed by atoms with E-state index in [2.05, 4.69) is 9.80 Å². The Kier molecular flexibility index (Phi) is 8.36. The Labute approximate surface area is 230 Å². The Morgan fingerprint density at radius 2 is 1.71 bits per heavy atom. The average molecular weight is 541 g/mol. The second-order valence-corrected chi connectivity index (χ2v) is 11.6. The van der Waals surface area contributed by atoms with Crippen LogP contribution in [-0.4, -0.2) is 77.9 Å². The molecule has 3 fully saturated rings. The molecular formula is C30H38ClFN4O2. The van der Waals surface area contributed by atoms with Crippen molar-refractivity contribution in [1.82, 2.24) is 14.7 Å². The van der Waals surface area contributed by atoms with Gasteiger partial charge >= 0.3 is 0 Å². The minimum atomic E-state index is -0.190. The third-order valence-electron chi connectivity index (χ3n) is 8.62. The summed E-state index contributed by atoms with van der Waals surface area (Å²) < 4.78 is 13.3. The number of fused-ring (bicyclic) bond motifs is 2. The lowest BCUT2D eigenvalue weighted by Crippen LogP contribution is -2.47. The van der Waals surface area contributed by atoms with E-state index >= 15 is 0 Å². The summed E-state index contributed by atoms with van der Waals surface area (Å²) in [5.41, 5.74) is 3.01. The van der Waals surface area contributed by atoms with Crippen molar-refractivity contribution in [2.45, 2.75) is 58.2 Å². The number of rotatable bonds is 8. The summed E-state index contributed by atoms with van der Waals surface area (Å²) in [5, 5.41) is 0.671. The van der Waals surface area contributed by atoms with Crippen LogP contribution in [0.4, 0.5) is 10.1 Å². The number of piperidine rings is 1. The number of likely N-dealkylation sites (tertiary alicyclic amines) is 3. The maximum atomic E-state index is 13.7. The first kappa shape index (κ1) is 27.1. The van der Waals surface area contributed by atoms with Gasteiger partial charge in [-0.1, -0.05) is 29.8 Å². The number of amides is 2. The van der Waals surface area contributed by atoms with Crippen LogP contribution in [0.2, 0.25) is 5.02 Å². The zero-order valence-corrected chi connectivity index (χ0v) is 23.2. The summed E-state index contributed by atoms with van der Waals surface area (Å²) in [7, 11) is 0. The SMILES string of the molecule is CC(=O)N1CCC(C(=O)N(CCCN2C[C@H]3C[C@@H]2CN3Cc2ccc(F)cc2)c2ccc(C)c(Cl)c2)CC1. The minimum absolute atomic E-state index is 0.0755. The van der Waals surface area contributed by atoms with Crippen LogP contribution in [0.25, 0.3) is 0 Å². The summed E-state index contributed by atoms with van der Waals surface area (Å²) in [6.07, 6.45) is 3.47. The first-order chi connectivity index (χ1) is 18.3. The van der Waals surface area contributed by atoms with E-state index in [0.29, 0.717) is 49.6 Å². The van der Waals surface area contributed by atoms with E-state index in [4.69, 9.17) is 11.6 Å². The fourth-order valence-corrected chi connectivity index (χ4v) is 6.51. The molecule has 3 saturated heterocycles. The predicted molar refractivity (Wildman–Crippen MR) is 149 cm³/mol. The molecule has 0 unspecified atom stereocenters. The number of hydrogen-bond acceptors (Lipinski definition) is 4. The number of piperazine rings is 1. The molecule has 8 heteroatoms. The minimum Gasteiger partial charge on any atom is -0.343 e. The fourth-order valence-electron chi connectivity index (χ4n) is 6.33. The molecule has 2 atom stereocenters. The summed E-state index contributed by atoms with van der Waals surface area (Å²) in [4.78, 5) is 34.3. The molecule has 38 heavy (non-hydrogen) atoms. The lowest BCUT2D eigenvalue weighted by Gasteiger charge is -2.36. The Hall–Kier alpha value is -2.48. The van der Waals surface area contributed by atoms with E-state index in [1.54, 1.807) is 6.92 Å². The Bertz CT molecular complexity index is 1150. The third-order valence-corrected chi connectivity index (χ3v) is 9.02. The van der Waals surface area contributed by atoms with Crippen LogP contribution in [0.15, 0.2) is 42.5 Å². The van der Waals surface area contributed by atoms with Crippen molar-refractivity contribution in [3.63, 3.8) is 0 Å². The highest BCUT2D eigenvalue weighted by molar-refractivity contribution is 6.31. The number of carbonyl (C=O) groups excluding carboxylic acids is 2. The van der Waals surface area contributed by atoms with E-state index in [-0.39, 0.29) is 23.5 Å². The highest BCUT2D eigenvalue weighted by Crippen LogP contribution is 2.32. The van der Waals surface area contributed by atoms with Crippen molar-refractivity contribution >= 4 is 29.1 Å². The van der Waals surface area contributed by atoms with Gasteiger partial charge in [-0.2, -0.15) is 0 Å². The molecule has 2 aromatic rings. The molecule has 0 radical (unpaired) electrons. The molecule has 0 aliphatic carbocycles. The smallest absolute Gasteiger partial charge is 0.230 e. The molecule has 0 saturated carbocycles. The highest BCUT2D eigenvalue weighted by Gasteiger charge is 2.42. The number of carbonyl (C=O) groups is 2. The molecule has 6 nitrogen and oxygen atoms in total. The van der Waals surface area contributed by atoms with Gasteiger partial charge in [0.1, 0.15) is 5.82 Å². The van der Waals surface area contributed by atoms with Gasteiger partial charge in [-0.15, -0.1) is 0 Å². The molecule has 3 heterocycles. The van der Waals surface area contributed by atoms with Gasteiger partial charge in [-0.3, -0.25) is 19.4 Å². The number of aryl methyl sites for hydroxylation is 1. The third kappa shape index (κ3) is 6.05. The Balaban J connectivity index is 1.17. The van der Waals surface area contributed by atoms with Gasteiger partial charge in [-0.25, -0.2) is 4.39 Å². The molecule has 0 aromatic heterocycles. The number of benzene rings is 2. The zero-order valence-electron chi connectivity index (χ0n) is 22.4. The lowest BCUT2D eigenvalue weighted by atomic mass is 9.94. The topological polar surface area (TPSA) is 47.1 Å². The van der Waals surface area contributed by atoms with E-state index in [0.717, 1.165) is 49.4 Å². The van der Waals surface area contributed by atoms with E-state index in [1.165, 1.54) is 18.6 Å². The molecule has 204 valence electrons. The van der Waals surface area contributed by atoms with Gasteiger partial charge in [-0.05, 0) is 68.0 Å². The molecule has 2 aromatic carbocycles. The van der Waals surface area contributed by atoms with Gasteiger partial charge in [0.2, 0.25) is 11.8 Å². The van der Waals surface area contributed by atoms with Crippen molar-refractivity contribution in [3.8, 4) is 0 Å². The zero-order chi connectivity index (χ0) is 26.8. The van der Waals surface area contributed by atoms with Crippen LogP contribution >= 0.6 is 11.6 Å². The van der Waals surface area contributed by atoms with Crippen LogP contribution in [0.1, 0.15) is 43.7 Å². The normalized spacial score (nSPS) is 22.3. The van der Waals surface area contributed by atoms with E-state index in [1.807, 2.05) is 47.1 Å². The van der Waals surface area contributed by atoms with Crippen molar-refractivity contribution in [1.29, 1.82) is 0 Å². The first-order valence-corrected chi connectivity index (χ1v) is 14.2. The summed E-state index contributed by atoms with van der Waals surface area (Å²) >= 11 is 6.45. The van der Waals surface area contributed by atoms with E-state index in [9.17, 15) is 14.0 Å². The van der Waals surface area contributed by atoms with Gasteiger partial charge < -0.3 is 9.80 Å². The van der Waals surface area contributed by atoms with Crippen LogP contribution in [-0.2, 0) is 16.1 Å². The molecule has 3 aliphatic rings. The number of anilines is 1. The van der Waals surface area contributed by atoms with Gasteiger partial charge in [0, 0.05) is 81.4 Å². The molecule has 5 rings (SSSR count). The predicted octanol–water partition coefficient (Wildman–Crippen LogP) is 4.73. The maximum Gasteiger partial charge on any atom is 0.230 e. The van der Waals surface area contributed by atoms with Crippen LogP contribution in [0, 0.1) is 18.7 Å². The largest absolute Gasteiger partial charge is 0.343 e. The van der Waals surface area contributed by atoms with Crippen molar-refractivity contribution in [2.75, 3.05) is 44.2 Å². The van der Waals surface area contributed by atoms with Crippen LogP contribution < -0.4 is 4.90 Å². The van der Waals surface area contributed by atoms with Gasteiger partial charge in [0.25, 0.3) is 0 Å². The average Bonchev–Trinajstić information content (AvgIpc) is 3.49. The Morgan fingerprint density at radius 3 is 2.34 bits per heavy atom. The number of hydrogen-bond donors (Lipinski definition) is 0. The molecule has 2 amide bonds. The Morgan fingerprint density at radius 1 is 1.03 bits per heavy atom. The molecule has 2 bridgehead atoms. The summed E-state index contributed by atoms with van der Waals surface area (Å²) in [6.45, 7) is 9.39. The lowest BCUT2D eigenvalue weighted by molar-refractivity contribution is -0.133. The van der Waals surface area contributed by atoms with Crippen molar-refractivity contribution in [2.24, 2.45) is 5.92 Å². The fraction of sp³-hybridized carbons (Fsp3) is 0.533. The highest BCUT2D eigenvalue weighted by atomic mass is 35.5. The van der Waals surface area contributed by atoms with Crippen molar-refractivity contribution in [3.05, 3.63) is 64.4 Å². The summed E-state index contributed by atoms with van der Waals surface area (Å²) in [6, 6.07) is 13.8. The van der Waals surface area contributed by atoms with E-state index < -0.39 is 0 Å². The standard InChI is InChI=1S/C30H38ClFN4O2/c1-21-4-9-26(17-29(21)31)36(30(38)24-10-14-33(15-11-24)22(2)37)13-3-12-34-19-28-16-27(34)20-35(28)18-23-5-7-25(32)8-6-23/h4-9,17,24,27-28H,3,10-16,18-20H2,1-2H3/t27-,28-/m1/s1. The summed E-state index contributed by atoms with van der Waals surface area (Å²) in [5.74, 6) is -0.0472. The maximum absolute atomic E-state index is 13.7. The second kappa shape index (κ2) is 11.7. The second-order valence-electron chi connectivity index (χ2n) is 11.2. The number of nitrogens with zero attached hydrogens (tertiary/aromatic N) is 4. The quantitative estimate of drug-likeness (QED) is 0.486. The molecule has 0 N–H and O–H groups in total. The first-order valence-electron chi connectivity index (χ1n) is 13.8.